The molecular weight excluding hydrogens is 410 g/mol. The Morgan fingerprint density at radius 3 is 2.29 bits per heavy atom. The lowest BCUT2D eigenvalue weighted by Crippen LogP contribution is -2.34. The van der Waals surface area contributed by atoms with E-state index < -0.39 is 10.0 Å². The van der Waals surface area contributed by atoms with Gasteiger partial charge < -0.3 is 10.2 Å². The van der Waals surface area contributed by atoms with E-state index in [1.807, 2.05) is 0 Å². The molecule has 0 saturated carbocycles. The van der Waals surface area contributed by atoms with Gasteiger partial charge in [-0.15, -0.1) is 0 Å². The van der Waals surface area contributed by atoms with Crippen molar-refractivity contribution in [2.24, 2.45) is 5.92 Å². The molecule has 31 heavy (non-hydrogen) atoms. The number of anilines is 1. The number of hydrogen-bond donors (Lipinski definition) is 1. The first-order chi connectivity index (χ1) is 14.9. The van der Waals surface area contributed by atoms with Crippen molar-refractivity contribution < 1.29 is 13.2 Å². The van der Waals surface area contributed by atoms with E-state index in [0.717, 1.165) is 37.4 Å². The van der Waals surface area contributed by atoms with Crippen LogP contribution in [0.25, 0.3) is 0 Å². The Bertz CT molecular complexity index is 997. The topological polar surface area (TPSA) is 69.7 Å². The number of benzene rings is 2. The summed E-state index contributed by atoms with van der Waals surface area (Å²) in [6.45, 7) is 6.07. The second-order valence-electron chi connectivity index (χ2n) is 8.68. The smallest absolute Gasteiger partial charge is 0.251 e. The van der Waals surface area contributed by atoms with Gasteiger partial charge in [0.1, 0.15) is 0 Å². The summed E-state index contributed by atoms with van der Waals surface area (Å²) in [6, 6.07) is 14.6. The monoisotopic (exact) mass is 441 g/mol. The molecule has 2 aliphatic rings. The molecule has 0 unspecified atom stereocenters. The maximum absolute atomic E-state index is 12.6. The third-order valence-electron chi connectivity index (χ3n) is 6.23. The minimum atomic E-state index is -3.46. The molecule has 1 amide bonds. The summed E-state index contributed by atoms with van der Waals surface area (Å²) in [7, 11) is -3.46. The van der Waals surface area contributed by atoms with E-state index in [-0.39, 0.29) is 10.8 Å². The summed E-state index contributed by atoms with van der Waals surface area (Å²) in [6.07, 6.45) is 4.33. The van der Waals surface area contributed by atoms with Crippen molar-refractivity contribution in [2.75, 3.05) is 31.1 Å². The molecule has 2 aromatic rings. The Morgan fingerprint density at radius 1 is 0.968 bits per heavy atom. The highest BCUT2D eigenvalue weighted by molar-refractivity contribution is 7.89. The molecule has 0 aliphatic carbocycles. The minimum absolute atomic E-state index is 0.209. The van der Waals surface area contributed by atoms with Crippen LogP contribution in [0.4, 0.5) is 5.69 Å². The number of hydrogen-bond acceptors (Lipinski definition) is 4. The fourth-order valence-electron chi connectivity index (χ4n) is 4.39. The summed E-state index contributed by atoms with van der Waals surface area (Å²) in [4.78, 5) is 15.2. The van der Waals surface area contributed by atoms with Gasteiger partial charge in [0.05, 0.1) is 4.90 Å². The maximum Gasteiger partial charge on any atom is 0.251 e. The number of amides is 1. The lowest BCUT2D eigenvalue weighted by molar-refractivity contribution is 0.0951. The van der Waals surface area contributed by atoms with Crippen molar-refractivity contribution in [3.63, 3.8) is 0 Å². The number of carbonyl (C=O) groups is 1. The van der Waals surface area contributed by atoms with Crippen LogP contribution >= 0.6 is 0 Å². The molecule has 2 aliphatic heterocycles. The average Bonchev–Trinajstić information content (AvgIpc) is 3.34. The first-order valence-electron chi connectivity index (χ1n) is 11.2. The molecule has 7 heteroatoms. The van der Waals surface area contributed by atoms with Gasteiger partial charge in [-0.1, -0.05) is 19.1 Å². The molecule has 2 saturated heterocycles. The van der Waals surface area contributed by atoms with Gasteiger partial charge in [0.25, 0.3) is 5.91 Å². The van der Waals surface area contributed by atoms with Gasteiger partial charge in [0.2, 0.25) is 10.0 Å². The van der Waals surface area contributed by atoms with Gasteiger partial charge in [0, 0.05) is 44.0 Å². The number of nitrogens with one attached hydrogen (secondary N) is 1. The Kier molecular flexibility index (Phi) is 6.62. The van der Waals surface area contributed by atoms with Gasteiger partial charge in [-0.25, -0.2) is 8.42 Å². The number of nitrogens with zero attached hydrogens (tertiary/aromatic N) is 2. The van der Waals surface area contributed by atoms with Crippen molar-refractivity contribution in [1.82, 2.24) is 9.62 Å². The Hall–Kier alpha value is -2.38. The maximum atomic E-state index is 12.6. The highest BCUT2D eigenvalue weighted by Crippen LogP contribution is 2.23. The van der Waals surface area contributed by atoms with Crippen LogP contribution in [0.5, 0.6) is 0 Å². The van der Waals surface area contributed by atoms with Crippen LogP contribution in [0.15, 0.2) is 53.4 Å². The van der Waals surface area contributed by atoms with E-state index in [0.29, 0.717) is 25.2 Å². The largest absolute Gasteiger partial charge is 0.371 e. The van der Waals surface area contributed by atoms with Crippen LogP contribution in [-0.4, -0.2) is 44.8 Å². The summed E-state index contributed by atoms with van der Waals surface area (Å²) in [5.74, 6) is 0.517. The lowest BCUT2D eigenvalue weighted by atomic mass is 9.99. The first kappa shape index (κ1) is 21.8. The van der Waals surface area contributed by atoms with Crippen LogP contribution < -0.4 is 10.2 Å². The molecule has 2 heterocycles. The molecule has 0 radical (unpaired) electrons. The van der Waals surface area contributed by atoms with Crippen molar-refractivity contribution in [1.29, 1.82) is 0 Å². The Morgan fingerprint density at radius 2 is 1.65 bits per heavy atom. The number of rotatable bonds is 6. The molecule has 2 aromatic carbocycles. The van der Waals surface area contributed by atoms with Crippen molar-refractivity contribution in [3.8, 4) is 0 Å². The van der Waals surface area contributed by atoms with Crippen molar-refractivity contribution in [3.05, 3.63) is 59.7 Å². The summed E-state index contributed by atoms with van der Waals surface area (Å²) >= 11 is 0. The third-order valence-corrected chi connectivity index (χ3v) is 8.14. The molecule has 166 valence electrons. The van der Waals surface area contributed by atoms with E-state index in [2.05, 4.69) is 41.4 Å². The number of sulfonamides is 1. The van der Waals surface area contributed by atoms with E-state index in [4.69, 9.17) is 0 Å². The normalized spacial score (nSPS) is 20.0. The SMILES string of the molecule is C[C@@H]1CCCN(c2ccc(CNC(=O)c3ccc(S(=O)(=O)N4CCCC4)cc3)cc2)C1. The van der Waals surface area contributed by atoms with Crippen LogP contribution in [0.3, 0.4) is 0 Å². The molecule has 0 spiro atoms. The predicted molar refractivity (Wildman–Crippen MR) is 123 cm³/mol. The van der Waals surface area contributed by atoms with E-state index in [1.54, 1.807) is 12.1 Å². The number of carbonyl (C=O) groups excluding carboxylic acids is 1. The predicted octanol–water partition coefficient (Wildman–Crippen LogP) is 3.64. The van der Waals surface area contributed by atoms with Crippen LogP contribution in [0.1, 0.15) is 48.5 Å². The minimum Gasteiger partial charge on any atom is -0.371 e. The van der Waals surface area contributed by atoms with E-state index in [9.17, 15) is 13.2 Å². The quantitative estimate of drug-likeness (QED) is 0.743. The Labute approximate surface area is 185 Å². The molecule has 1 atom stereocenters. The molecule has 2 fully saturated rings. The zero-order valence-corrected chi connectivity index (χ0v) is 18.9. The lowest BCUT2D eigenvalue weighted by Gasteiger charge is -2.32. The van der Waals surface area contributed by atoms with Crippen LogP contribution in [0, 0.1) is 5.92 Å². The molecule has 0 bridgehead atoms. The van der Waals surface area contributed by atoms with Crippen LogP contribution in [-0.2, 0) is 16.6 Å². The molecule has 6 nitrogen and oxygen atoms in total. The van der Waals surface area contributed by atoms with Gasteiger partial charge >= 0.3 is 0 Å². The Balaban J connectivity index is 1.33. The van der Waals surface area contributed by atoms with E-state index >= 15 is 0 Å². The van der Waals surface area contributed by atoms with Crippen LogP contribution in [0.2, 0.25) is 0 Å². The third kappa shape index (κ3) is 5.10. The van der Waals surface area contributed by atoms with Crippen molar-refractivity contribution >= 4 is 21.6 Å². The first-order valence-corrected chi connectivity index (χ1v) is 12.6. The fraction of sp³-hybridized carbons (Fsp3) is 0.458. The van der Waals surface area contributed by atoms with Gasteiger partial charge in [0.15, 0.2) is 0 Å². The highest BCUT2D eigenvalue weighted by Gasteiger charge is 2.27. The van der Waals surface area contributed by atoms with Gasteiger partial charge in [-0.3, -0.25) is 4.79 Å². The average molecular weight is 442 g/mol. The zero-order chi connectivity index (χ0) is 21.8. The second kappa shape index (κ2) is 9.40. The molecular formula is C24H31N3O3S. The van der Waals surface area contributed by atoms with E-state index in [1.165, 1.54) is 35.0 Å². The van der Waals surface area contributed by atoms with Crippen molar-refractivity contribution in [2.45, 2.75) is 44.0 Å². The summed E-state index contributed by atoms with van der Waals surface area (Å²) in [5.41, 5.74) is 2.73. The van der Waals surface area contributed by atoms with Gasteiger partial charge in [-0.05, 0) is 73.6 Å². The number of piperidine rings is 1. The standard InChI is InChI=1S/C24H31N3O3S/c1-19-5-4-14-26(18-19)22-10-6-20(7-11-22)17-25-24(28)21-8-12-23(13-9-21)31(29,30)27-15-2-3-16-27/h6-13,19H,2-5,14-18H2,1H3,(H,25,28)/t19-/m1/s1. The highest BCUT2D eigenvalue weighted by atomic mass is 32.2. The zero-order valence-electron chi connectivity index (χ0n) is 18.1. The summed E-state index contributed by atoms with van der Waals surface area (Å²) in [5, 5.41) is 2.92. The molecule has 0 aromatic heterocycles. The molecule has 1 N–H and O–H groups in total. The molecule has 4 rings (SSSR count). The van der Waals surface area contributed by atoms with Gasteiger partial charge in [-0.2, -0.15) is 4.31 Å². The fourth-order valence-corrected chi connectivity index (χ4v) is 5.91. The second-order valence-corrected chi connectivity index (χ2v) is 10.6. The summed E-state index contributed by atoms with van der Waals surface area (Å²) < 4.78 is 26.7.